The minimum atomic E-state index is -0.764. The Kier molecular flexibility index (Phi) is 6.38. The highest BCUT2D eigenvalue weighted by molar-refractivity contribution is 5.98. The van der Waals surface area contributed by atoms with Crippen LogP contribution in [0.25, 0.3) is 22.3 Å². The third-order valence-corrected chi connectivity index (χ3v) is 5.72. The molecule has 3 aromatic heterocycles. The quantitative estimate of drug-likeness (QED) is 0.428. The number of ether oxygens (including phenoxy) is 1. The van der Waals surface area contributed by atoms with E-state index in [1.54, 1.807) is 31.3 Å². The summed E-state index contributed by atoms with van der Waals surface area (Å²) in [6.45, 7) is 5.37. The van der Waals surface area contributed by atoms with Gasteiger partial charge in [0.05, 0.1) is 41.2 Å². The van der Waals surface area contributed by atoms with Gasteiger partial charge in [0.2, 0.25) is 11.9 Å². The van der Waals surface area contributed by atoms with Gasteiger partial charge < -0.3 is 20.3 Å². The van der Waals surface area contributed by atoms with Gasteiger partial charge in [-0.1, -0.05) is 6.07 Å². The summed E-state index contributed by atoms with van der Waals surface area (Å²) in [6, 6.07) is 8.91. The average molecular weight is 492 g/mol. The minimum Gasteiger partial charge on any atom is -0.378 e. The lowest BCUT2D eigenvalue weighted by Gasteiger charge is -2.27. The van der Waals surface area contributed by atoms with Crippen molar-refractivity contribution < 1.29 is 18.3 Å². The molecule has 1 fully saturated rings. The summed E-state index contributed by atoms with van der Waals surface area (Å²) in [5.74, 6) is -0.800. The molecule has 0 spiro atoms. The van der Waals surface area contributed by atoms with E-state index in [1.807, 2.05) is 11.0 Å². The molecule has 0 unspecified atom stereocenters. The number of amides is 1. The van der Waals surface area contributed by atoms with E-state index < -0.39 is 11.6 Å². The summed E-state index contributed by atoms with van der Waals surface area (Å²) in [5, 5.41) is 5.98. The lowest BCUT2D eigenvalue weighted by molar-refractivity contribution is -0.114. The van der Waals surface area contributed by atoms with Gasteiger partial charge >= 0.3 is 0 Å². The Balaban J connectivity index is 1.67. The smallest absolute Gasteiger partial charge is 0.229 e. The Morgan fingerprint density at radius 2 is 1.83 bits per heavy atom. The predicted octanol–water partition coefficient (Wildman–Crippen LogP) is 4.21. The van der Waals surface area contributed by atoms with E-state index in [-0.39, 0.29) is 22.6 Å². The lowest BCUT2D eigenvalue weighted by atomic mass is 10.0. The van der Waals surface area contributed by atoms with Gasteiger partial charge in [0, 0.05) is 50.0 Å². The van der Waals surface area contributed by atoms with Crippen LogP contribution in [0, 0.1) is 18.6 Å². The summed E-state index contributed by atoms with van der Waals surface area (Å²) in [6.07, 6.45) is 1.62. The number of fused-ring (bicyclic) bond motifs is 1. The zero-order valence-electron chi connectivity index (χ0n) is 19.7. The largest absolute Gasteiger partial charge is 0.378 e. The molecule has 2 N–H and O–H groups in total. The molecule has 184 valence electrons. The number of anilines is 4. The van der Waals surface area contributed by atoms with E-state index >= 15 is 4.39 Å². The maximum absolute atomic E-state index is 15.1. The first-order valence-electron chi connectivity index (χ1n) is 11.4. The first kappa shape index (κ1) is 23.5. The summed E-state index contributed by atoms with van der Waals surface area (Å²) >= 11 is 0. The van der Waals surface area contributed by atoms with Crippen LogP contribution in [0.3, 0.4) is 0 Å². The Morgan fingerprint density at radius 3 is 2.56 bits per heavy atom. The number of rotatable bonds is 5. The van der Waals surface area contributed by atoms with Crippen molar-refractivity contribution in [3.8, 4) is 11.4 Å². The summed E-state index contributed by atoms with van der Waals surface area (Å²) in [7, 11) is 0. The fourth-order valence-corrected chi connectivity index (χ4v) is 4.09. The number of morpholine rings is 1. The van der Waals surface area contributed by atoms with Crippen molar-refractivity contribution in [3.05, 3.63) is 59.8 Å². The molecule has 9 nitrogen and oxygen atoms in total. The molecule has 1 amide bonds. The van der Waals surface area contributed by atoms with Crippen LogP contribution in [-0.4, -0.2) is 52.1 Å². The molecule has 11 heteroatoms. The van der Waals surface area contributed by atoms with Gasteiger partial charge in [-0.05, 0) is 19.1 Å². The van der Waals surface area contributed by atoms with Gasteiger partial charge in [0.25, 0.3) is 0 Å². The number of hydrogen-bond donors (Lipinski definition) is 2. The molecule has 1 aliphatic heterocycles. The fourth-order valence-electron chi connectivity index (χ4n) is 4.09. The standard InChI is InChI=1S/C25H23F2N7O2/c1-14-23(18-5-3-4-6-28-18)30-19-12-16(26)11-17(27)22(19)24(14)31-21-13-20(29-15(2)35)32-25(33-21)34-7-9-36-10-8-34/h3-6,11-13H,7-10H2,1-2H3,(H2,29,30,31,32,33,35). The Bertz CT molecular complexity index is 1440. The molecule has 1 saturated heterocycles. The lowest BCUT2D eigenvalue weighted by Crippen LogP contribution is -2.37. The molecule has 0 atom stereocenters. The van der Waals surface area contributed by atoms with E-state index in [0.717, 1.165) is 6.07 Å². The average Bonchev–Trinajstić information content (AvgIpc) is 2.86. The van der Waals surface area contributed by atoms with Crippen LogP contribution in [0.1, 0.15) is 12.5 Å². The van der Waals surface area contributed by atoms with Crippen LogP contribution in [-0.2, 0) is 9.53 Å². The van der Waals surface area contributed by atoms with Crippen molar-refractivity contribution in [1.29, 1.82) is 0 Å². The van der Waals surface area contributed by atoms with Crippen molar-refractivity contribution in [2.45, 2.75) is 13.8 Å². The van der Waals surface area contributed by atoms with Crippen molar-refractivity contribution in [2.75, 3.05) is 41.8 Å². The van der Waals surface area contributed by atoms with E-state index in [4.69, 9.17) is 4.74 Å². The number of nitrogens with zero attached hydrogens (tertiary/aromatic N) is 5. The Labute approximate surface area is 205 Å². The van der Waals surface area contributed by atoms with Crippen LogP contribution in [0.5, 0.6) is 0 Å². The summed E-state index contributed by atoms with van der Waals surface area (Å²) < 4.78 is 34.6. The third kappa shape index (κ3) is 4.78. The molecule has 4 aromatic rings. The van der Waals surface area contributed by atoms with Gasteiger partial charge in [0.15, 0.2) is 0 Å². The Morgan fingerprint density at radius 1 is 1.06 bits per heavy atom. The molecule has 1 aromatic carbocycles. The number of halogens is 2. The monoisotopic (exact) mass is 491 g/mol. The third-order valence-electron chi connectivity index (χ3n) is 5.72. The second-order valence-electron chi connectivity index (χ2n) is 8.30. The van der Waals surface area contributed by atoms with Gasteiger partial charge in [0.1, 0.15) is 23.3 Å². The molecule has 36 heavy (non-hydrogen) atoms. The van der Waals surface area contributed by atoms with Crippen molar-refractivity contribution in [1.82, 2.24) is 19.9 Å². The van der Waals surface area contributed by atoms with Crippen molar-refractivity contribution in [2.24, 2.45) is 0 Å². The molecule has 0 saturated carbocycles. The van der Waals surface area contributed by atoms with Crippen LogP contribution >= 0.6 is 0 Å². The van der Waals surface area contributed by atoms with E-state index in [9.17, 15) is 9.18 Å². The van der Waals surface area contributed by atoms with Gasteiger partial charge in [-0.3, -0.25) is 9.78 Å². The van der Waals surface area contributed by atoms with Crippen molar-refractivity contribution >= 4 is 40.1 Å². The highest BCUT2D eigenvalue weighted by atomic mass is 19.1. The van der Waals surface area contributed by atoms with E-state index in [1.165, 1.54) is 13.0 Å². The highest BCUT2D eigenvalue weighted by Crippen LogP contribution is 2.36. The normalized spacial score (nSPS) is 13.6. The second-order valence-corrected chi connectivity index (χ2v) is 8.30. The van der Waals surface area contributed by atoms with Gasteiger partial charge in [-0.2, -0.15) is 9.97 Å². The van der Waals surface area contributed by atoms with Crippen LogP contribution in [0.2, 0.25) is 0 Å². The molecular formula is C25H23F2N7O2. The number of nitrogens with one attached hydrogen (secondary N) is 2. The van der Waals surface area contributed by atoms with Crippen LogP contribution < -0.4 is 15.5 Å². The molecule has 0 radical (unpaired) electrons. The first-order chi connectivity index (χ1) is 17.4. The molecule has 5 rings (SSSR count). The Hall–Kier alpha value is -4.25. The number of carbonyl (C=O) groups excluding carboxylic acids is 1. The van der Waals surface area contributed by atoms with Crippen LogP contribution in [0.15, 0.2) is 42.6 Å². The van der Waals surface area contributed by atoms with Crippen LogP contribution in [0.4, 0.5) is 32.1 Å². The second kappa shape index (κ2) is 9.78. The summed E-state index contributed by atoms with van der Waals surface area (Å²) in [5.41, 5.74) is 2.11. The molecule has 0 bridgehead atoms. The van der Waals surface area contributed by atoms with E-state index in [0.29, 0.717) is 60.7 Å². The highest BCUT2D eigenvalue weighted by Gasteiger charge is 2.21. The molecule has 0 aliphatic carbocycles. The number of pyridine rings is 2. The molecular weight excluding hydrogens is 468 g/mol. The predicted molar refractivity (Wildman–Crippen MR) is 132 cm³/mol. The summed E-state index contributed by atoms with van der Waals surface area (Å²) in [4.78, 5) is 31.7. The number of aromatic nitrogens is 4. The molecule has 1 aliphatic rings. The number of hydrogen-bond acceptors (Lipinski definition) is 8. The van der Waals surface area contributed by atoms with E-state index in [2.05, 4.69) is 30.6 Å². The molecule has 4 heterocycles. The van der Waals surface area contributed by atoms with Gasteiger partial charge in [-0.25, -0.2) is 13.8 Å². The first-order valence-corrected chi connectivity index (χ1v) is 11.4. The number of benzene rings is 1. The zero-order valence-corrected chi connectivity index (χ0v) is 19.7. The topological polar surface area (TPSA) is 105 Å². The minimum absolute atomic E-state index is 0.112. The fraction of sp³-hybridized carbons (Fsp3) is 0.240. The maximum atomic E-state index is 15.1. The van der Waals surface area contributed by atoms with Crippen molar-refractivity contribution in [3.63, 3.8) is 0 Å². The number of carbonyl (C=O) groups is 1. The SMILES string of the molecule is CC(=O)Nc1cc(Nc2c(C)c(-c3ccccn3)nc3cc(F)cc(F)c23)nc(N2CCOCC2)n1. The van der Waals surface area contributed by atoms with Gasteiger partial charge in [-0.15, -0.1) is 0 Å². The maximum Gasteiger partial charge on any atom is 0.229 e. The zero-order chi connectivity index (χ0) is 25.2.